The molecule has 3 aromatic carbocycles. The molecule has 0 bridgehead atoms. The molecule has 0 N–H and O–H groups in total. The predicted octanol–water partition coefficient (Wildman–Crippen LogP) is 6.76. The number of fused-ring (bicyclic) bond motifs is 1. The van der Waals surface area contributed by atoms with Crippen LogP contribution < -0.4 is 10.3 Å². The fraction of sp³-hybridized carbons (Fsp3) is 0.192. The van der Waals surface area contributed by atoms with E-state index < -0.39 is 0 Å². The van der Waals surface area contributed by atoms with Crippen molar-refractivity contribution in [2.75, 3.05) is 0 Å². The van der Waals surface area contributed by atoms with Gasteiger partial charge in [-0.1, -0.05) is 59.1 Å². The van der Waals surface area contributed by atoms with Crippen molar-refractivity contribution in [3.8, 4) is 5.75 Å². The number of aromatic nitrogens is 2. The van der Waals surface area contributed by atoms with Gasteiger partial charge in [0.15, 0.2) is 0 Å². The second-order valence-electron chi connectivity index (χ2n) is 7.72. The third-order valence-corrected chi connectivity index (χ3v) is 5.98. The molecule has 8 heteroatoms. The van der Waals surface area contributed by atoms with Crippen LogP contribution in [0.1, 0.15) is 36.7 Å². The number of hydrogen-bond donors (Lipinski definition) is 0. The Morgan fingerprint density at radius 3 is 2.79 bits per heavy atom. The van der Waals surface area contributed by atoms with Crippen LogP contribution in [0.2, 0.25) is 5.02 Å². The van der Waals surface area contributed by atoms with E-state index in [4.69, 9.17) is 16.3 Å². The summed E-state index contributed by atoms with van der Waals surface area (Å²) in [4.78, 5) is 18.0. The molecule has 174 valence electrons. The number of unbranched alkanes of at least 4 members (excludes halogenated alkanes) is 1. The summed E-state index contributed by atoms with van der Waals surface area (Å²) in [6.45, 7) is 2.12. The van der Waals surface area contributed by atoms with E-state index in [9.17, 15) is 9.18 Å². The van der Waals surface area contributed by atoms with Gasteiger partial charge in [0, 0.05) is 27.0 Å². The van der Waals surface area contributed by atoms with Gasteiger partial charge in [-0.15, -0.1) is 0 Å². The Morgan fingerprint density at radius 1 is 1.18 bits per heavy atom. The van der Waals surface area contributed by atoms with Crippen molar-refractivity contribution < 1.29 is 9.13 Å². The highest BCUT2D eigenvalue weighted by Gasteiger charge is 2.12. The molecule has 1 aromatic heterocycles. The summed E-state index contributed by atoms with van der Waals surface area (Å²) in [6, 6.07) is 16.9. The quantitative estimate of drug-likeness (QED) is 0.231. The number of benzene rings is 3. The van der Waals surface area contributed by atoms with Crippen LogP contribution in [0.5, 0.6) is 5.75 Å². The first kappa shape index (κ1) is 24.1. The van der Waals surface area contributed by atoms with Crippen molar-refractivity contribution in [3.63, 3.8) is 0 Å². The van der Waals surface area contributed by atoms with Gasteiger partial charge in [-0.25, -0.2) is 9.37 Å². The Bertz CT molecular complexity index is 1420. The highest BCUT2D eigenvalue weighted by atomic mass is 79.9. The fourth-order valence-electron chi connectivity index (χ4n) is 3.45. The summed E-state index contributed by atoms with van der Waals surface area (Å²) in [5.41, 5.74) is 1.36. The van der Waals surface area contributed by atoms with Gasteiger partial charge >= 0.3 is 0 Å². The van der Waals surface area contributed by atoms with Crippen molar-refractivity contribution in [2.45, 2.75) is 32.8 Å². The summed E-state index contributed by atoms with van der Waals surface area (Å²) in [6.07, 6.45) is 3.96. The molecule has 5 nitrogen and oxygen atoms in total. The molecule has 0 aliphatic carbocycles. The van der Waals surface area contributed by atoms with Crippen LogP contribution in [0.15, 0.2) is 75.0 Å². The first-order valence-electron chi connectivity index (χ1n) is 10.9. The van der Waals surface area contributed by atoms with E-state index in [1.807, 2.05) is 12.1 Å². The van der Waals surface area contributed by atoms with E-state index in [1.54, 1.807) is 42.5 Å². The van der Waals surface area contributed by atoms with Crippen LogP contribution in [0.25, 0.3) is 10.9 Å². The second-order valence-corrected chi connectivity index (χ2v) is 9.07. The Hall–Kier alpha value is -3.03. The van der Waals surface area contributed by atoms with Crippen molar-refractivity contribution in [2.24, 2.45) is 5.10 Å². The predicted molar refractivity (Wildman–Crippen MR) is 137 cm³/mol. The van der Waals surface area contributed by atoms with Crippen molar-refractivity contribution >= 4 is 44.6 Å². The van der Waals surface area contributed by atoms with Crippen LogP contribution in [0.3, 0.4) is 0 Å². The minimum Gasteiger partial charge on any atom is -0.488 e. The van der Waals surface area contributed by atoms with Gasteiger partial charge in [0.2, 0.25) is 0 Å². The Balaban J connectivity index is 1.72. The molecule has 1 heterocycles. The zero-order valence-electron chi connectivity index (χ0n) is 18.5. The number of ether oxygens (including phenoxy) is 1. The van der Waals surface area contributed by atoms with Gasteiger partial charge in [0.05, 0.1) is 17.1 Å². The van der Waals surface area contributed by atoms with Crippen LogP contribution in [0.4, 0.5) is 4.39 Å². The summed E-state index contributed by atoms with van der Waals surface area (Å²) in [5.74, 6) is 0.706. The summed E-state index contributed by atoms with van der Waals surface area (Å²) < 4.78 is 22.0. The molecule has 0 radical (unpaired) electrons. The van der Waals surface area contributed by atoms with E-state index in [2.05, 4.69) is 32.9 Å². The molecule has 34 heavy (non-hydrogen) atoms. The maximum atomic E-state index is 14.0. The lowest BCUT2D eigenvalue weighted by atomic mass is 10.2. The first-order valence-corrected chi connectivity index (χ1v) is 12.0. The van der Waals surface area contributed by atoms with Gasteiger partial charge in [-0.2, -0.15) is 9.78 Å². The molecule has 0 amide bonds. The monoisotopic (exact) mass is 541 g/mol. The van der Waals surface area contributed by atoms with E-state index >= 15 is 0 Å². The lowest BCUT2D eigenvalue weighted by Crippen LogP contribution is -2.22. The van der Waals surface area contributed by atoms with Crippen molar-refractivity contribution in [3.05, 3.63) is 103 Å². The molecule has 0 saturated heterocycles. The minimum absolute atomic E-state index is 0.0440. The number of nitrogens with zero attached hydrogens (tertiary/aromatic N) is 3. The number of rotatable bonds is 8. The minimum atomic E-state index is -0.341. The number of aryl methyl sites for hydroxylation is 1. The molecule has 0 fully saturated rings. The normalized spacial score (nSPS) is 11.4. The molecular weight excluding hydrogens is 521 g/mol. The van der Waals surface area contributed by atoms with Gasteiger partial charge < -0.3 is 4.74 Å². The van der Waals surface area contributed by atoms with Crippen LogP contribution in [-0.2, 0) is 13.0 Å². The molecule has 0 atom stereocenters. The molecule has 0 aliphatic rings. The average Bonchev–Trinajstić information content (AvgIpc) is 2.83. The number of halogens is 3. The molecule has 4 aromatic rings. The third kappa shape index (κ3) is 5.54. The average molecular weight is 543 g/mol. The highest BCUT2D eigenvalue weighted by molar-refractivity contribution is 9.10. The smallest absolute Gasteiger partial charge is 0.282 e. The van der Waals surface area contributed by atoms with Gasteiger partial charge in [0.25, 0.3) is 5.56 Å². The summed E-state index contributed by atoms with van der Waals surface area (Å²) >= 11 is 9.62. The number of hydrogen-bond acceptors (Lipinski definition) is 4. The Morgan fingerprint density at radius 2 is 2.00 bits per heavy atom. The molecule has 0 unspecified atom stereocenters. The molecule has 0 spiro atoms. The molecule has 0 aliphatic heterocycles. The van der Waals surface area contributed by atoms with E-state index in [1.165, 1.54) is 17.0 Å². The van der Waals surface area contributed by atoms with Crippen LogP contribution in [0, 0.1) is 5.82 Å². The standard InChI is InChI=1S/C26H22BrClFN3O2/c1-2-3-8-25-31-23-11-9-19(27)14-21(23)26(33)32(25)30-15-18-13-20(28)10-12-24(18)34-16-17-6-4-5-7-22(17)29/h4-7,9-15H,2-3,8,16H2,1H3. The second kappa shape index (κ2) is 10.9. The lowest BCUT2D eigenvalue weighted by Gasteiger charge is -2.11. The Kier molecular flexibility index (Phi) is 7.75. The van der Waals surface area contributed by atoms with E-state index in [0.717, 1.165) is 17.3 Å². The van der Waals surface area contributed by atoms with E-state index in [0.29, 0.717) is 45.0 Å². The first-order chi connectivity index (χ1) is 16.5. The largest absolute Gasteiger partial charge is 0.488 e. The highest BCUT2D eigenvalue weighted by Crippen LogP contribution is 2.23. The SMILES string of the molecule is CCCCc1nc2ccc(Br)cc2c(=O)n1N=Cc1cc(Cl)ccc1OCc1ccccc1F. The third-order valence-electron chi connectivity index (χ3n) is 5.25. The van der Waals surface area contributed by atoms with Crippen molar-refractivity contribution in [1.82, 2.24) is 9.66 Å². The lowest BCUT2D eigenvalue weighted by molar-refractivity contribution is 0.299. The fourth-order valence-corrected chi connectivity index (χ4v) is 3.99. The van der Waals surface area contributed by atoms with Gasteiger partial charge in [-0.05, 0) is 48.9 Å². The molecular formula is C26H22BrClFN3O2. The zero-order chi connectivity index (χ0) is 24.1. The Labute approximate surface area is 210 Å². The van der Waals surface area contributed by atoms with E-state index in [-0.39, 0.29) is 18.0 Å². The van der Waals surface area contributed by atoms with Crippen LogP contribution >= 0.6 is 27.5 Å². The van der Waals surface area contributed by atoms with Crippen LogP contribution in [-0.4, -0.2) is 15.9 Å². The van der Waals surface area contributed by atoms with Crippen molar-refractivity contribution in [1.29, 1.82) is 0 Å². The topological polar surface area (TPSA) is 56.5 Å². The maximum Gasteiger partial charge on any atom is 0.282 e. The summed E-state index contributed by atoms with van der Waals surface area (Å²) in [5, 5.41) is 5.42. The van der Waals surface area contributed by atoms with Gasteiger partial charge in [-0.3, -0.25) is 4.79 Å². The summed E-state index contributed by atoms with van der Waals surface area (Å²) in [7, 11) is 0. The maximum absolute atomic E-state index is 14.0. The molecule has 4 rings (SSSR count). The zero-order valence-corrected chi connectivity index (χ0v) is 20.8. The molecule has 0 saturated carbocycles. The van der Waals surface area contributed by atoms with Gasteiger partial charge in [0.1, 0.15) is 24.0 Å².